The van der Waals surface area contributed by atoms with E-state index in [4.69, 9.17) is 0 Å². The van der Waals surface area contributed by atoms with Gasteiger partial charge in [-0.3, -0.25) is 9.59 Å². The molecule has 0 bridgehead atoms. The zero-order valence-corrected chi connectivity index (χ0v) is 24.2. The molecule has 2 N–H and O–H groups in total. The van der Waals surface area contributed by atoms with Gasteiger partial charge in [-0.25, -0.2) is 4.79 Å². The van der Waals surface area contributed by atoms with Gasteiger partial charge < -0.3 is 25.1 Å². The van der Waals surface area contributed by atoms with E-state index in [1.54, 1.807) is 0 Å². The van der Waals surface area contributed by atoms with Gasteiger partial charge in [0.2, 0.25) is 11.8 Å². The van der Waals surface area contributed by atoms with Crippen LogP contribution in [-0.2, 0) is 16.0 Å². The van der Waals surface area contributed by atoms with E-state index in [1.165, 1.54) is 11.8 Å². The van der Waals surface area contributed by atoms with E-state index in [9.17, 15) is 19.5 Å². The number of likely N-dealkylation sites (tertiary alicyclic amines) is 1. The lowest BCUT2D eigenvalue weighted by atomic mass is 10.0. The third kappa shape index (κ3) is 6.15. The van der Waals surface area contributed by atoms with E-state index in [1.807, 2.05) is 63.2 Å². The lowest BCUT2D eigenvalue weighted by Gasteiger charge is -2.38. The van der Waals surface area contributed by atoms with E-state index in [2.05, 4.69) is 25.2 Å². The molecule has 216 valence electrons. The van der Waals surface area contributed by atoms with E-state index in [0.29, 0.717) is 32.0 Å². The minimum absolute atomic E-state index is 0. The second kappa shape index (κ2) is 12.6. The van der Waals surface area contributed by atoms with Crippen molar-refractivity contribution in [3.05, 3.63) is 65.7 Å². The predicted molar refractivity (Wildman–Crippen MR) is 160 cm³/mol. The summed E-state index contributed by atoms with van der Waals surface area (Å²) in [5.74, 6) is 0.242. The van der Waals surface area contributed by atoms with Gasteiger partial charge in [-0.05, 0) is 48.8 Å². The Hall–Kier alpha value is -3.04. The molecule has 5 rings (SSSR count). The number of amides is 4. The number of para-hydroxylation sites is 1. The molecule has 0 aromatic heterocycles. The molecule has 3 atom stereocenters. The quantitative estimate of drug-likeness (QED) is 0.481. The smallest absolute Gasteiger partial charge is 0.322 e. The molecule has 2 aromatic carbocycles. The highest BCUT2D eigenvalue weighted by atomic mass is 32.2. The highest BCUT2D eigenvalue weighted by Crippen LogP contribution is 2.46. The molecule has 2 fully saturated rings. The summed E-state index contributed by atoms with van der Waals surface area (Å²) in [5.41, 5.74) is 3.03. The Morgan fingerprint density at radius 2 is 1.75 bits per heavy atom. The molecule has 0 saturated carbocycles. The highest BCUT2D eigenvalue weighted by molar-refractivity contribution is 8.01. The molecule has 3 aliphatic rings. The number of anilines is 1. The first-order chi connectivity index (χ1) is 19.4. The molecule has 8 nitrogen and oxygen atoms in total. The van der Waals surface area contributed by atoms with E-state index >= 15 is 0 Å². The van der Waals surface area contributed by atoms with Crippen LogP contribution in [0.4, 0.5) is 10.5 Å². The number of aliphatic hydroxyl groups is 1. The van der Waals surface area contributed by atoms with Gasteiger partial charge in [-0.15, -0.1) is 11.8 Å². The first-order valence-electron chi connectivity index (χ1n) is 14.4. The number of hydrogen-bond donors (Lipinski definition) is 2. The third-order valence-corrected chi connectivity index (χ3v) is 9.72. The summed E-state index contributed by atoms with van der Waals surface area (Å²) in [6.45, 7) is 5.89. The fraction of sp³-hybridized carbons (Fsp3) is 0.516. The number of aliphatic hydroxyl groups excluding tert-OH is 1. The first kappa shape index (κ1) is 28.5. The molecular weight excluding hydrogens is 524 g/mol. The fourth-order valence-corrected chi connectivity index (χ4v) is 7.71. The molecule has 0 radical (unpaired) electrons. The zero-order valence-electron chi connectivity index (χ0n) is 23.4. The van der Waals surface area contributed by atoms with Gasteiger partial charge >= 0.3 is 6.03 Å². The van der Waals surface area contributed by atoms with Crippen LogP contribution < -0.4 is 5.32 Å². The van der Waals surface area contributed by atoms with E-state index in [0.717, 1.165) is 36.1 Å². The second-order valence-electron chi connectivity index (χ2n) is 11.4. The van der Waals surface area contributed by atoms with E-state index < -0.39 is 5.25 Å². The van der Waals surface area contributed by atoms with Crippen LogP contribution in [0.5, 0.6) is 0 Å². The standard InChI is InChI=1S/C31H40N4O4S.H2/c1-21(2)18-25(20-36)35-29(38)27(40-30(35)23-9-4-3-5-10-23)19-28(37)33-15-13-24(14-16-33)34-17-12-22-8-6-7-11-26(22)32-31(34)39;/h3-11,21,24-25,27,30,36H,12-20H2,1-2H3,(H,32,39);1H. The minimum atomic E-state index is -0.480. The Morgan fingerprint density at radius 3 is 2.45 bits per heavy atom. The summed E-state index contributed by atoms with van der Waals surface area (Å²) in [6, 6.07) is 17.5. The number of carbonyl (C=O) groups excluding carboxylic acids is 3. The number of urea groups is 1. The number of carbonyl (C=O) groups is 3. The van der Waals surface area contributed by atoms with E-state index in [-0.39, 0.29) is 49.8 Å². The molecule has 2 aromatic rings. The van der Waals surface area contributed by atoms with Crippen LogP contribution in [0.3, 0.4) is 0 Å². The molecule has 9 heteroatoms. The van der Waals surface area contributed by atoms with Gasteiger partial charge in [-0.2, -0.15) is 0 Å². The van der Waals surface area contributed by atoms with Gasteiger partial charge in [0.15, 0.2) is 0 Å². The summed E-state index contributed by atoms with van der Waals surface area (Å²) in [7, 11) is 0. The molecule has 3 aliphatic heterocycles. The maximum atomic E-state index is 13.7. The molecule has 0 aliphatic carbocycles. The lowest BCUT2D eigenvalue weighted by molar-refractivity contribution is -0.138. The van der Waals surface area contributed by atoms with Crippen LogP contribution >= 0.6 is 11.8 Å². The Kier molecular flexibility index (Phi) is 9.00. The van der Waals surface area contributed by atoms with Crippen LogP contribution in [0.15, 0.2) is 54.6 Å². The summed E-state index contributed by atoms with van der Waals surface area (Å²) in [4.78, 5) is 45.6. The van der Waals surface area contributed by atoms with Crippen molar-refractivity contribution < 1.29 is 20.9 Å². The van der Waals surface area contributed by atoms with Crippen LogP contribution in [0.25, 0.3) is 0 Å². The summed E-state index contributed by atoms with van der Waals surface area (Å²) < 4.78 is 0. The molecule has 2 saturated heterocycles. The van der Waals surface area contributed by atoms with Crippen LogP contribution in [-0.4, -0.2) is 81.2 Å². The monoisotopic (exact) mass is 566 g/mol. The largest absolute Gasteiger partial charge is 0.394 e. The summed E-state index contributed by atoms with van der Waals surface area (Å²) >= 11 is 1.52. The van der Waals surface area contributed by atoms with Crippen molar-refractivity contribution in [1.29, 1.82) is 0 Å². The van der Waals surface area contributed by atoms with Crippen molar-refractivity contribution in [3.8, 4) is 0 Å². The topological polar surface area (TPSA) is 93.2 Å². The SMILES string of the molecule is CC(C)CC(CO)N1C(=O)C(CC(=O)N2CCC(N3CCc4ccccc4NC3=O)CC2)SC1c1ccccc1.[HH]. The van der Waals surface area contributed by atoms with Crippen molar-refractivity contribution in [1.82, 2.24) is 14.7 Å². The predicted octanol–water partition coefficient (Wildman–Crippen LogP) is 4.75. The van der Waals surface area contributed by atoms with Crippen LogP contribution in [0.2, 0.25) is 0 Å². The highest BCUT2D eigenvalue weighted by Gasteiger charge is 2.45. The number of benzene rings is 2. The maximum absolute atomic E-state index is 13.7. The number of fused-ring (bicyclic) bond motifs is 1. The van der Waals surface area contributed by atoms with Crippen molar-refractivity contribution in [2.75, 3.05) is 31.6 Å². The van der Waals surface area contributed by atoms with Crippen LogP contribution in [0.1, 0.15) is 57.5 Å². The second-order valence-corrected chi connectivity index (χ2v) is 12.7. The number of hydrogen-bond acceptors (Lipinski definition) is 5. The Balaban J connectivity index is 0.00000387. The third-order valence-electron chi connectivity index (χ3n) is 8.27. The van der Waals surface area contributed by atoms with Crippen LogP contribution in [0, 0.1) is 5.92 Å². The number of nitrogens with zero attached hydrogens (tertiary/aromatic N) is 3. The Morgan fingerprint density at radius 1 is 1.05 bits per heavy atom. The number of nitrogens with one attached hydrogen (secondary N) is 1. The van der Waals surface area contributed by atoms with Gasteiger partial charge in [-0.1, -0.05) is 62.4 Å². The lowest BCUT2D eigenvalue weighted by Crippen LogP contribution is -2.50. The van der Waals surface area contributed by atoms with Crippen molar-refractivity contribution >= 4 is 35.3 Å². The maximum Gasteiger partial charge on any atom is 0.322 e. The van der Waals surface area contributed by atoms with Gasteiger partial charge in [0.25, 0.3) is 0 Å². The molecule has 4 amide bonds. The average Bonchev–Trinajstić information content (AvgIpc) is 3.17. The number of piperidine rings is 1. The zero-order chi connectivity index (χ0) is 28.2. The molecule has 3 heterocycles. The minimum Gasteiger partial charge on any atom is -0.394 e. The van der Waals surface area contributed by atoms with Crippen molar-refractivity contribution in [3.63, 3.8) is 0 Å². The van der Waals surface area contributed by atoms with Gasteiger partial charge in [0.1, 0.15) is 5.37 Å². The molecule has 3 unspecified atom stereocenters. The Labute approximate surface area is 242 Å². The molecular formula is C31H42N4O4S. The number of thioether (sulfide) groups is 1. The van der Waals surface area contributed by atoms with Gasteiger partial charge in [0.05, 0.1) is 17.9 Å². The summed E-state index contributed by atoms with van der Waals surface area (Å²) in [6.07, 6.45) is 3.10. The van der Waals surface area contributed by atoms with Gasteiger partial charge in [0, 0.05) is 39.2 Å². The molecule has 0 spiro atoms. The number of rotatable bonds is 8. The van der Waals surface area contributed by atoms with Crippen molar-refractivity contribution in [2.24, 2.45) is 5.92 Å². The fourth-order valence-electron chi connectivity index (χ4n) is 6.20. The molecule has 40 heavy (non-hydrogen) atoms. The van der Waals surface area contributed by atoms with Crippen molar-refractivity contribution in [2.45, 2.75) is 68.7 Å². The average molecular weight is 567 g/mol. The normalized spacial score (nSPS) is 22.8. The first-order valence-corrected chi connectivity index (χ1v) is 15.4. The summed E-state index contributed by atoms with van der Waals surface area (Å²) in [5, 5.41) is 12.5. The Bertz CT molecular complexity index is 1210.